The molecule has 1 aromatic rings. The van der Waals surface area contributed by atoms with Crippen molar-refractivity contribution >= 4 is 12.6 Å². The highest BCUT2D eigenvalue weighted by molar-refractivity contribution is 7.80. The first kappa shape index (κ1) is 11.8. The van der Waals surface area contributed by atoms with Gasteiger partial charge in [0.25, 0.3) is 0 Å². The van der Waals surface area contributed by atoms with Gasteiger partial charge in [0.05, 0.1) is 6.61 Å². The fraction of sp³-hybridized carbons (Fsp3) is 0.538. The van der Waals surface area contributed by atoms with Gasteiger partial charge in [-0.15, -0.1) is 12.6 Å². The van der Waals surface area contributed by atoms with Crippen LogP contribution in [0.15, 0.2) is 23.1 Å². The van der Waals surface area contributed by atoms with Gasteiger partial charge in [-0.1, -0.05) is 20.8 Å². The Kier molecular flexibility index (Phi) is 3.17. The fourth-order valence-corrected chi connectivity index (χ4v) is 2.03. The zero-order chi connectivity index (χ0) is 11.8. The molecule has 1 aliphatic rings. The van der Waals surface area contributed by atoms with Crippen molar-refractivity contribution in [1.29, 1.82) is 0 Å². The van der Waals surface area contributed by atoms with E-state index >= 15 is 0 Å². The van der Waals surface area contributed by atoms with Crippen molar-refractivity contribution in [3.8, 4) is 5.75 Å². The molecule has 2 rings (SSSR count). The summed E-state index contributed by atoms with van der Waals surface area (Å²) in [7, 11) is 0. The van der Waals surface area contributed by atoms with E-state index < -0.39 is 0 Å². The number of benzene rings is 1. The molecule has 1 heterocycles. The first-order valence-corrected chi connectivity index (χ1v) is 5.99. The summed E-state index contributed by atoms with van der Waals surface area (Å²) in [6.07, 6.45) is 0.300. The number of thiol groups is 1. The van der Waals surface area contributed by atoms with E-state index in [1.54, 1.807) is 0 Å². The smallest absolute Gasteiger partial charge is 0.119 e. The van der Waals surface area contributed by atoms with Gasteiger partial charge in [0.2, 0.25) is 0 Å². The third kappa shape index (κ3) is 2.92. The molecule has 16 heavy (non-hydrogen) atoms. The van der Waals surface area contributed by atoms with Crippen LogP contribution < -0.4 is 4.74 Å². The van der Waals surface area contributed by atoms with Gasteiger partial charge >= 0.3 is 0 Å². The van der Waals surface area contributed by atoms with Crippen molar-refractivity contribution in [3.05, 3.63) is 23.8 Å². The summed E-state index contributed by atoms with van der Waals surface area (Å²) in [4.78, 5) is 1.02. The van der Waals surface area contributed by atoms with Crippen LogP contribution in [0.25, 0.3) is 0 Å². The molecule has 0 aliphatic carbocycles. The Morgan fingerprint density at radius 1 is 1.44 bits per heavy atom. The van der Waals surface area contributed by atoms with Crippen molar-refractivity contribution in [2.75, 3.05) is 13.2 Å². The number of hydrogen-bond acceptors (Lipinski definition) is 3. The molecular formula is C13H18O2S. The molecule has 0 N–H and O–H groups in total. The van der Waals surface area contributed by atoms with Gasteiger partial charge in [0, 0.05) is 4.90 Å². The standard InChI is InChI=1S/C13H18O2S/c1-13(2,3)11-6-9(4-5-12(11)16)14-7-10-8-15-10/h4-6,10,16H,7-8H2,1-3H3. The number of hydrogen-bond donors (Lipinski definition) is 1. The maximum atomic E-state index is 5.66. The molecule has 0 bridgehead atoms. The zero-order valence-electron chi connectivity index (χ0n) is 9.99. The second-order valence-corrected chi connectivity index (χ2v) is 5.68. The largest absolute Gasteiger partial charge is 0.491 e. The summed E-state index contributed by atoms with van der Waals surface area (Å²) in [6.45, 7) is 8.01. The minimum atomic E-state index is 0.0898. The van der Waals surface area contributed by atoms with E-state index in [-0.39, 0.29) is 5.41 Å². The van der Waals surface area contributed by atoms with Gasteiger partial charge in [0.15, 0.2) is 0 Å². The molecule has 0 amide bonds. The highest BCUT2D eigenvalue weighted by atomic mass is 32.1. The maximum Gasteiger partial charge on any atom is 0.119 e. The van der Waals surface area contributed by atoms with Gasteiger partial charge in [0.1, 0.15) is 18.5 Å². The van der Waals surface area contributed by atoms with Gasteiger partial charge in [-0.05, 0) is 29.2 Å². The maximum absolute atomic E-state index is 5.66. The van der Waals surface area contributed by atoms with Crippen molar-refractivity contribution < 1.29 is 9.47 Å². The van der Waals surface area contributed by atoms with Crippen LogP contribution in [0.2, 0.25) is 0 Å². The van der Waals surface area contributed by atoms with Crippen LogP contribution in [-0.4, -0.2) is 19.3 Å². The van der Waals surface area contributed by atoms with Crippen molar-refractivity contribution in [2.45, 2.75) is 37.2 Å². The zero-order valence-corrected chi connectivity index (χ0v) is 10.9. The topological polar surface area (TPSA) is 21.8 Å². The van der Waals surface area contributed by atoms with E-state index in [1.165, 1.54) is 5.56 Å². The summed E-state index contributed by atoms with van der Waals surface area (Å²) in [6, 6.07) is 6.03. The normalized spacial score (nSPS) is 19.6. The molecular weight excluding hydrogens is 220 g/mol. The van der Waals surface area contributed by atoms with Crippen LogP contribution in [0.3, 0.4) is 0 Å². The van der Waals surface area contributed by atoms with E-state index in [9.17, 15) is 0 Å². The third-order valence-electron chi connectivity index (χ3n) is 2.61. The molecule has 1 saturated heterocycles. The Labute approximate surface area is 102 Å². The quantitative estimate of drug-likeness (QED) is 0.645. The SMILES string of the molecule is CC(C)(C)c1cc(OCC2CO2)ccc1S. The van der Waals surface area contributed by atoms with Crippen LogP contribution in [0, 0.1) is 0 Å². The van der Waals surface area contributed by atoms with E-state index in [4.69, 9.17) is 9.47 Å². The molecule has 3 heteroatoms. The Morgan fingerprint density at radius 3 is 2.69 bits per heavy atom. The summed E-state index contributed by atoms with van der Waals surface area (Å²) in [5.74, 6) is 0.901. The number of ether oxygens (including phenoxy) is 2. The Morgan fingerprint density at radius 2 is 2.12 bits per heavy atom. The molecule has 2 nitrogen and oxygen atoms in total. The lowest BCUT2D eigenvalue weighted by molar-refractivity contribution is 0.262. The lowest BCUT2D eigenvalue weighted by Crippen LogP contribution is -2.13. The lowest BCUT2D eigenvalue weighted by Gasteiger charge is -2.22. The first-order valence-electron chi connectivity index (χ1n) is 5.55. The van der Waals surface area contributed by atoms with E-state index in [0.717, 1.165) is 17.3 Å². The molecule has 0 aromatic heterocycles. The Hall–Kier alpha value is -0.670. The van der Waals surface area contributed by atoms with Crippen LogP contribution >= 0.6 is 12.6 Å². The van der Waals surface area contributed by atoms with Crippen molar-refractivity contribution in [1.82, 2.24) is 0 Å². The van der Waals surface area contributed by atoms with Crippen LogP contribution in [0.1, 0.15) is 26.3 Å². The fourth-order valence-electron chi connectivity index (χ4n) is 1.56. The summed E-state index contributed by atoms with van der Waals surface area (Å²) < 4.78 is 10.8. The third-order valence-corrected chi connectivity index (χ3v) is 3.00. The van der Waals surface area contributed by atoms with E-state index in [2.05, 4.69) is 39.5 Å². The van der Waals surface area contributed by atoms with Gasteiger partial charge in [-0.2, -0.15) is 0 Å². The van der Waals surface area contributed by atoms with E-state index in [1.807, 2.05) is 12.1 Å². The minimum Gasteiger partial charge on any atom is -0.491 e. The summed E-state index contributed by atoms with van der Waals surface area (Å²) >= 11 is 4.48. The van der Waals surface area contributed by atoms with Crippen LogP contribution in [-0.2, 0) is 10.2 Å². The summed E-state index contributed by atoms with van der Waals surface area (Å²) in [5.41, 5.74) is 1.30. The monoisotopic (exact) mass is 238 g/mol. The minimum absolute atomic E-state index is 0.0898. The molecule has 1 atom stereocenters. The van der Waals surface area contributed by atoms with Crippen LogP contribution in [0.5, 0.6) is 5.75 Å². The highest BCUT2D eigenvalue weighted by Crippen LogP contribution is 2.31. The Bertz CT molecular complexity index is 378. The van der Waals surface area contributed by atoms with Crippen LogP contribution in [0.4, 0.5) is 0 Å². The molecule has 1 fully saturated rings. The number of rotatable bonds is 3. The molecule has 1 aliphatic heterocycles. The Balaban J connectivity index is 2.13. The molecule has 88 valence electrons. The van der Waals surface area contributed by atoms with Crippen molar-refractivity contribution in [3.63, 3.8) is 0 Å². The van der Waals surface area contributed by atoms with Gasteiger partial charge < -0.3 is 9.47 Å². The lowest BCUT2D eigenvalue weighted by atomic mass is 9.87. The average Bonchev–Trinajstić information content (AvgIpc) is 2.98. The second kappa shape index (κ2) is 4.30. The van der Waals surface area contributed by atoms with Gasteiger partial charge in [-0.25, -0.2) is 0 Å². The molecule has 0 spiro atoms. The number of epoxide rings is 1. The predicted molar refractivity (Wildman–Crippen MR) is 67.6 cm³/mol. The van der Waals surface area contributed by atoms with Crippen molar-refractivity contribution in [2.24, 2.45) is 0 Å². The molecule has 1 unspecified atom stereocenters. The highest BCUT2D eigenvalue weighted by Gasteiger charge is 2.23. The van der Waals surface area contributed by atoms with Gasteiger partial charge in [-0.3, -0.25) is 0 Å². The molecule has 0 radical (unpaired) electrons. The molecule has 1 aromatic carbocycles. The van der Waals surface area contributed by atoms with E-state index in [0.29, 0.717) is 12.7 Å². The molecule has 0 saturated carbocycles. The average molecular weight is 238 g/mol. The first-order chi connectivity index (χ1) is 7.47. The second-order valence-electron chi connectivity index (χ2n) is 5.20. The summed E-state index contributed by atoms with van der Waals surface area (Å²) in [5, 5.41) is 0. The predicted octanol–water partition coefficient (Wildman–Crippen LogP) is 3.05.